The van der Waals surface area contributed by atoms with Crippen molar-refractivity contribution in [3.05, 3.63) is 34.9 Å². The van der Waals surface area contributed by atoms with E-state index < -0.39 is 0 Å². The van der Waals surface area contributed by atoms with Crippen LogP contribution in [0.3, 0.4) is 0 Å². The molecule has 1 aromatic rings. The molecule has 1 aliphatic heterocycles. The quantitative estimate of drug-likeness (QED) is 0.784. The van der Waals surface area contributed by atoms with Gasteiger partial charge in [0.2, 0.25) is 0 Å². The Labute approximate surface area is 90.7 Å². The molecule has 1 aliphatic rings. The summed E-state index contributed by atoms with van der Waals surface area (Å²) in [5, 5.41) is 2.88. The minimum atomic E-state index is 0.0851. The SMILES string of the molecule is CC(C)Cc1cccc2c1CCNC2=O. The monoisotopic (exact) mass is 203 g/mol. The van der Waals surface area contributed by atoms with Gasteiger partial charge in [-0.15, -0.1) is 0 Å². The Morgan fingerprint density at radius 1 is 1.40 bits per heavy atom. The maximum Gasteiger partial charge on any atom is 0.251 e. The highest BCUT2D eigenvalue weighted by Crippen LogP contribution is 2.21. The van der Waals surface area contributed by atoms with Gasteiger partial charge < -0.3 is 5.32 Å². The number of nitrogens with one attached hydrogen (secondary N) is 1. The van der Waals surface area contributed by atoms with E-state index in [-0.39, 0.29) is 5.91 Å². The Morgan fingerprint density at radius 2 is 2.20 bits per heavy atom. The van der Waals surface area contributed by atoms with Crippen molar-refractivity contribution in [3.8, 4) is 0 Å². The van der Waals surface area contributed by atoms with Gasteiger partial charge >= 0.3 is 0 Å². The summed E-state index contributed by atoms with van der Waals surface area (Å²) in [5.74, 6) is 0.725. The second-order valence-electron chi connectivity index (χ2n) is 4.55. The lowest BCUT2D eigenvalue weighted by molar-refractivity contribution is 0.0945. The van der Waals surface area contributed by atoms with Gasteiger partial charge in [0.1, 0.15) is 0 Å². The molecule has 1 heterocycles. The van der Waals surface area contributed by atoms with Crippen LogP contribution in [0.25, 0.3) is 0 Å². The minimum absolute atomic E-state index is 0.0851. The van der Waals surface area contributed by atoms with E-state index in [1.165, 1.54) is 11.1 Å². The molecule has 2 rings (SSSR count). The fraction of sp³-hybridized carbons (Fsp3) is 0.462. The average molecular weight is 203 g/mol. The fourth-order valence-corrected chi connectivity index (χ4v) is 2.17. The molecule has 15 heavy (non-hydrogen) atoms. The number of hydrogen-bond donors (Lipinski definition) is 1. The third kappa shape index (κ3) is 2.04. The van der Waals surface area contributed by atoms with E-state index in [4.69, 9.17) is 0 Å². The Kier molecular flexibility index (Phi) is 2.76. The van der Waals surface area contributed by atoms with Crippen LogP contribution in [0.5, 0.6) is 0 Å². The van der Waals surface area contributed by atoms with E-state index in [1.807, 2.05) is 12.1 Å². The van der Waals surface area contributed by atoms with Crippen molar-refractivity contribution in [2.24, 2.45) is 5.92 Å². The molecular formula is C13H17NO. The molecule has 80 valence electrons. The van der Waals surface area contributed by atoms with E-state index >= 15 is 0 Å². The highest BCUT2D eigenvalue weighted by Gasteiger charge is 2.18. The molecule has 0 bridgehead atoms. The first-order chi connectivity index (χ1) is 7.18. The van der Waals surface area contributed by atoms with Gasteiger partial charge in [-0.05, 0) is 36.0 Å². The summed E-state index contributed by atoms with van der Waals surface area (Å²) in [6, 6.07) is 6.06. The summed E-state index contributed by atoms with van der Waals surface area (Å²) in [6.45, 7) is 5.20. The molecule has 0 fully saturated rings. The number of rotatable bonds is 2. The van der Waals surface area contributed by atoms with Crippen molar-refractivity contribution in [1.82, 2.24) is 5.32 Å². The lowest BCUT2D eigenvalue weighted by Crippen LogP contribution is -2.32. The third-order valence-electron chi connectivity index (χ3n) is 2.81. The summed E-state index contributed by atoms with van der Waals surface area (Å²) in [7, 11) is 0. The summed E-state index contributed by atoms with van der Waals surface area (Å²) < 4.78 is 0. The number of benzene rings is 1. The van der Waals surface area contributed by atoms with Crippen molar-refractivity contribution < 1.29 is 4.79 Å². The molecule has 1 N–H and O–H groups in total. The van der Waals surface area contributed by atoms with Crippen LogP contribution < -0.4 is 5.32 Å². The first-order valence-corrected chi connectivity index (χ1v) is 5.57. The number of carbonyl (C=O) groups is 1. The second-order valence-corrected chi connectivity index (χ2v) is 4.55. The van der Waals surface area contributed by atoms with Crippen molar-refractivity contribution in [3.63, 3.8) is 0 Å². The summed E-state index contributed by atoms with van der Waals surface area (Å²) in [4.78, 5) is 11.6. The van der Waals surface area contributed by atoms with E-state index in [1.54, 1.807) is 0 Å². The predicted octanol–water partition coefficient (Wildman–Crippen LogP) is 2.17. The Morgan fingerprint density at radius 3 is 2.93 bits per heavy atom. The number of fused-ring (bicyclic) bond motifs is 1. The predicted molar refractivity (Wildman–Crippen MR) is 61.0 cm³/mol. The van der Waals surface area contributed by atoms with Crippen molar-refractivity contribution in [1.29, 1.82) is 0 Å². The number of amides is 1. The lowest BCUT2D eigenvalue weighted by Gasteiger charge is -2.20. The van der Waals surface area contributed by atoms with Crippen LogP contribution in [0, 0.1) is 5.92 Å². The molecule has 0 radical (unpaired) electrons. The maximum atomic E-state index is 11.6. The zero-order chi connectivity index (χ0) is 10.8. The Bertz CT molecular complexity index is 382. The summed E-state index contributed by atoms with van der Waals surface area (Å²) >= 11 is 0. The van der Waals surface area contributed by atoms with Crippen LogP contribution in [0.15, 0.2) is 18.2 Å². The van der Waals surface area contributed by atoms with Gasteiger partial charge in [-0.2, -0.15) is 0 Å². The first-order valence-electron chi connectivity index (χ1n) is 5.57. The van der Waals surface area contributed by atoms with Crippen LogP contribution in [-0.4, -0.2) is 12.5 Å². The third-order valence-corrected chi connectivity index (χ3v) is 2.81. The van der Waals surface area contributed by atoms with Crippen LogP contribution >= 0.6 is 0 Å². The van der Waals surface area contributed by atoms with Crippen molar-refractivity contribution in [2.75, 3.05) is 6.54 Å². The van der Waals surface area contributed by atoms with Crippen molar-refractivity contribution >= 4 is 5.91 Å². The molecule has 0 unspecified atom stereocenters. The van der Waals surface area contributed by atoms with Gasteiger partial charge in [-0.1, -0.05) is 26.0 Å². The molecule has 1 aromatic carbocycles. The molecule has 0 spiro atoms. The molecule has 2 nitrogen and oxygen atoms in total. The van der Waals surface area contributed by atoms with E-state index in [2.05, 4.69) is 25.2 Å². The molecule has 0 saturated heterocycles. The van der Waals surface area contributed by atoms with E-state index in [9.17, 15) is 4.79 Å². The molecule has 0 atom stereocenters. The van der Waals surface area contributed by atoms with Crippen molar-refractivity contribution in [2.45, 2.75) is 26.7 Å². The fourth-order valence-electron chi connectivity index (χ4n) is 2.17. The largest absolute Gasteiger partial charge is 0.352 e. The number of carbonyl (C=O) groups excluding carboxylic acids is 1. The Balaban J connectivity index is 2.40. The molecular weight excluding hydrogens is 186 g/mol. The zero-order valence-corrected chi connectivity index (χ0v) is 9.34. The highest BCUT2D eigenvalue weighted by molar-refractivity contribution is 5.97. The summed E-state index contributed by atoms with van der Waals surface area (Å²) in [5.41, 5.74) is 3.48. The van der Waals surface area contributed by atoms with E-state index in [0.717, 1.165) is 24.9 Å². The van der Waals surface area contributed by atoms with Gasteiger partial charge in [0.05, 0.1) is 0 Å². The smallest absolute Gasteiger partial charge is 0.251 e. The highest BCUT2D eigenvalue weighted by atomic mass is 16.1. The molecule has 0 aliphatic carbocycles. The summed E-state index contributed by atoms with van der Waals surface area (Å²) in [6.07, 6.45) is 2.04. The number of hydrogen-bond acceptors (Lipinski definition) is 1. The first kappa shape index (κ1) is 10.2. The normalized spacial score (nSPS) is 15.0. The lowest BCUT2D eigenvalue weighted by atomic mass is 9.90. The topological polar surface area (TPSA) is 29.1 Å². The van der Waals surface area contributed by atoms with Crippen LogP contribution in [-0.2, 0) is 12.8 Å². The van der Waals surface area contributed by atoms with Gasteiger partial charge in [0.25, 0.3) is 5.91 Å². The average Bonchev–Trinajstić information content (AvgIpc) is 2.19. The van der Waals surface area contributed by atoms with Crippen LogP contribution in [0.4, 0.5) is 0 Å². The van der Waals surface area contributed by atoms with E-state index in [0.29, 0.717) is 5.92 Å². The maximum absolute atomic E-state index is 11.6. The zero-order valence-electron chi connectivity index (χ0n) is 9.34. The van der Waals surface area contributed by atoms with Crippen LogP contribution in [0.2, 0.25) is 0 Å². The standard InChI is InChI=1S/C13H17NO/c1-9(2)8-10-4-3-5-12-11(10)6-7-14-13(12)15/h3-5,9H,6-8H2,1-2H3,(H,14,15). The Hall–Kier alpha value is -1.31. The van der Waals surface area contributed by atoms with Gasteiger partial charge in [-0.25, -0.2) is 0 Å². The van der Waals surface area contributed by atoms with Crippen LogP contribution in [0.1, 0.15) is 35.3 Å². The minimum Gasteiger partial charge on any atom is -0.352 e. The molecule has 2 heteroatoms. The van der Waals surface area contributed by atoms with Gasteiger partial charge in [0, 0.05) is 12.1 Å². The van der Waals surface area contributed by atoms with Gasteiger partial charge in [-0.3, -0.25) is 4.79 Å². The van der Waals surface area contributed by atoms with Gasteiger partial charge in [0.15, 0.2) is 0 Å². The molecule has 1 amide bonds. The second kappa shape index (κ2) is 4.05. The molecule has 0 aromatic heterocycles. The molecule has 0 saturated carbocycles.